The lowest BCUT2D eigenvalue weighted by Gasteiger charge is -2.32. The summed E-state index contributed by atoms with van der Waals surface area (Å²) in [6.45, 7) is 0. The Morgan fingerprint density at radius 2 is 1.11 bits per heavy atom. The molecule has 57 heavy (non-hydrogen) atoms. The summed E-state index contributed by atoms with van der Waals surface area (Å²) in [5, 5.41) is 14.6. The number of benzene rings is 8. The Labute approximate surface area is 327 Å². The van der Waals surface area contributed by atoms with Crippen LogP contribution in [0.5, 0.6) is 0 Å². The zero-order valence-corrected chi connectivity index (χ0v) is 30.8. The number of furan rings is 1. The molecule has 2 atom stereocenters. The van der Waals surface area contributed by atoms with Gasteiger partial charge in [0.15, 0.2) is 0 Å². The van der Waals surface area contributed by atoms with E-state index in [0.717, 1.165) is 77.9 Å². The number of nitrogens with zero attached hydrogens (tertiary/aromatic N) is 3. The predicted octanol–water partition coefficient (Wildman–Crippen LogP) is 12.1. The number of amidine groups is 1. The minimum atomic E-state index is -0.212. The van der Waals surface area contributed by atoms with E-state index in [-0.39, 0.29) is 12.3 Å². The molecular formula is C51H35N5O. The van der Waals surface area contributed by atoms with Gasteiger partial charge in [-0.05, 0) is 71.8 Å². The van der Waals surface area contributed by atoms with Gasteiger partial charge in [0.05, 0.1) is 22.1 Å². The van der Waals surface area contributed by atoms with E-state index in [1.54, 1.807) is 0 Å². The molecule has 1 aliphatic heterocycles. The van der Waals surface area contributed by atoms with Crippen molar-refractivity contribution in [1.29, 1.82) is 0 Å². The molecule has 1 aliphatic rings. The zero-order valence-electron chi connectivity index (χ0n) is 30.8. The van der Waals surface area contributed by atoms with Gasteiger partial charge in [0.1, 0.15) is 29.3 Å². The quantitative estimate of drug-likeness (QED) is 0.185. The normalized spacial score (nSPS) is 15.9. The number of aromatic nitrogens is 2. The van der Waals surface area contributed by atoms with Gasteiger partial charge in [0, 0.05) is 49.3 Å². The average Bonchev–Trinajstić information content (AvgIpc) is 3.93. The second kappa shape index (κ2) is 12.6. The van der Waals surface area contributed by atoms with Gasteiger partial charge in [-0.25, -0.2) is 4.99 Å². The molecule has 270 valence electrons. The minimum Gasteiger partial charge on any atom is -0.456 e. The molecule has 6 heteroatoms. The molecule has 0 radical (unpaired) electrons. The maximum absolute atomic E-state index is 6.44. The van der Waals surface area contributed by atoms with Crippen molar-refractivity contribution in [3.05, 3.63) is 205 Å². The maximum atomic E-state index is 6.44. The van der Waals surface area contributed by atoms with Crippen molar-refractivity contribution >= 4 is 71.4 Å². The number of hydrogen-bond donors (Lipinski definition) is 2. The first-order valence-electron chi connectivity index (χ1n) is 19.4. The minimum absolute atomic E-state index is 0.185. The maximum Gasteiger partial charge on any atom is 0.136 e. The predicted molar refractivity (Wildman–Crippen MR) is 234 cm³/mol. The molecule has 12 rings (SSSR count). The lowest BCUT2D eigenvalue weighted by molar-refractivity contribution is 0.409. The molecule has 0 aliphatic carbocycles. The summed E-state index contributed by atoms with van der Waals surface area (Å²) >= 11 is 0. The van der Waals surface area contributed by atoms with Crippen molar-refractivity contribution in [2.45, 2.75) is 12.3 Å². The van der Waals surface area contributed by atoms with Crippen LogP contribution in [0.2, 0.25) is 0 Å². The van der Waals surface area contributed by atoms with Crippen LogP contribution in [0, 0.1) is 0 Å². The van der Waals surface area contributed by atoms with E-state index in [1.807, 2.05) is 18.2 Å². The van der Waals surface area contributed by atoms with Gasteiger partial charge in [-0.15, -0.1) is 0 Å². The Morgan fingerprint density at radius 3 is 1.95 bits per heavy atom. The summed E-state index contributed by atoms with van der Waals surface area (Å²) < 4.78 is 11.3. The van der Waals surface area contributed by atoms with Crippen LogP contribution in [0.1, 0.15) is 29.0 Å². The summed E-state index contributed by atoms with van der Waals surface area (Å²) in [6, 6.07) is 66.7. The fraction of sp³-hybridized carbons (Fsp3) is 0.0392. The van der Waals surface area contributed by atoms with Gasteiger partial charge in [0.2, 0.25) is 0 Å². The van der Waals surface area contributed by atoms with Crippen LogP contribution < -0.4 is 10.6 Å². The Morgan fingerprint density at radius 1 is 0.439 bits per heavy atom. The third-order valence-corrected chi connectivity index (χ3v) is 11.6. The highest BCUT2D eigenvalue weighted by molar-refractivity contribution is 6.29. The van der Waals surface area contributed by atoms with E-state index in [1.165, 1.54) is 21.5 Å². The van der Waals surface area contributed by atoms with E-state index < -0.39 is 0 Å². The van der Waals surface area contributed by atoms with Crippen LogP contribution in [-0.2, 0) is 0 Å². The van der Waals surface area contributed by atoms with E-state index >= 15 is 0 Å². The lowest BCUT2D eigenvalue weighted by atomic mass is 10.0. The number of aliphatic imine (C=N–C) groups is 1. The molecule has 0 bridgehead atoms. The van der Waals surface area contributed by atoms with E-state index in [9.17, 15) is 0 Å². The Bertz CT molecular complexity index is 3360. The molecule has 11 aromatic rings. The zero-order chi connectivity index (χ0) is 37.5. The highest BCUT2D eigenvalue weighted by Crippen LogP contribution is 2.44. The number of para-hydroxylation sites is 3. The molecule has 3 aromatic heterocycles. The second-order valence-corrected chi connectivity index (χ2v) is 14.8. The molecule has 6 nitrogen and oxygen atoms in total. The summed E-state index contributed by atoms with van der Waals surface area (Å²) in [7, 11) is 0. The van der Waals surface area contributed by atoms with E-state index in [4.69, 9.17) is 9.41 Å². The number of rotatable bonds is 5. The van der Waals surface area contributed by atoms with Crippen molar-refractivity contribution in [3.8, 4) is 11.4 Å². The monoisotopic (exact) mass is 733 g/mol. The molecule has 2 N–H and O–H groups in total. The Balaban J connectivity index is 1.09. The van der Waals surface area contributed by atoms with Crippen LogP contribution in [0.15, 0.2) is 197 Å². The number of fused-ring (bicyclic) bond motifs is 10. The molecule has 0 amide bonds. The molecule has 8 aromatic carbocycles. The Hall–Kier alpha value is -7.41. The van der Waals surface area contributed by atoms with Crippen LogP contribution >= 0.6 is 0 Å². The molecule has 0 spiro atoms. The lowest BCUT2D eigenvalue weighted by Crippen LogP contribution is -2.45. The van der Waals surface area contributed by atoms with Crippen molar-refractivity contribution in [2.24, 2.45) is 4.99 Å². The van der Waals surface area contributed by atoms with Crippen LogP contribution in [-0.4, -0.2) is 15.0 Å². The van der Waals surface area contributed by atoms with Gasteiger partial charge in [0.25, 0.3) is 0 Å². The first-order chi connectivity index (χ1) is 28.3. The topological polar surface area (TPSA) is 59.4 Å². The second-order valence-electron chi connectivity index (χ2n) is 14.8. The highest BCUT2D eigenvalue weighted by Gasteiger charge is 2.27. The molecule has 0 saturated heterocycles. The smallest absolute Gasteiger partial charge is 0.136 e. The van der Waals surface area contributed by atoms with Gasteiger partial charge in [-0.2, -0.15) is 0 Å². The van der Waals surface area contributed by atoms with Gasteiger partial charge in [-0.3, -0.25) is 5.32 Å². The van der Waals surface area contributed by atoms with E-state index in [0.29, 0.717) is 0 Å². The molecule has 4 heterocycles. The van der Waals surface area contributed by atoms with Gasteiger partial charge in [-0.1, -0.05) is 127 Å². The SMILES string of the molecule is c1ccc(C2=NC(c3ccccc3)NC(c3cccc(-n4c5ccccc5c5cc6c7c8c(ccc7n(-c7ccccc7)c6cc54)oc4ccccc48)c3)N2)cc1. The van der Waals surface area contributed by atoms with E-state index in [2.05, 4.69) is 190 Å². The molecule has 0 saturated carbocycles. The van der Waals surface area contributed by atoms with Gasteiger partial charge >= 0.3 is 0 Å². The van der Waals surface area contributed by atoms with Crippen LogP contribution in [0.4, 0.5) is 0 Å². The van der Waals surface area contributed by atoms with Crippen molar-refractivity contribution in [3.63, 3.8) is 0 Å². The summed E-state index contributed by atoms with van der Waals surface area (Å²) in [6.07, 6.45) is -0.396. The average molecular weight is 734 g/mol. The van der Waals surface area contributed by atoms with Crippen LogP contribution in [0.3, 0.4) is 0 Å². The Kier molecular flexibility index (Phi) is 7.03. The summed E-state index contributed by atoms with van der Waals surface area (Å²) in [5.74, 6) is 0.867. The summed E-state index contributed by atoms with van der Waals surface area (Å²) in [5.41, 5.74) is 11.9. The largest absolute Gasteiger partial charge is 0.456 e. The first kappa shape index (κ1) is 31.9. The molecular weight excluding hydrogens is 699 g/mol. The van der Waals surface area contributed by atoms with Crippen molar-refractivity contribution in [2.75, 3.05) is 0 Å². The van der Waals surface area contributed by atoms with Crippen LogP contribution in [0.25, 0.3) is 76.9 Å². The highest BCUT2D eigenvalue weighted by atomic mass is 16.3. The first-order valence-corrected chi connectivity index (χ1v) is 19.4. The number of nitrogens with one attached hydrogen (secondary N) is 2. The number of hydrogen-bond acceptors (Lipinski definition) is 4. The fourth-order valence-corrected chi connectivity index (χ4v) is 9.04. The fourth-order valence-electron chi connectivity index (χ4n) is 9.04. The van der Waals surface area contributed by atoms with Gasteiger partial charge < -0.3 is 18.9 Å². The van der Waals surface area contributed by atoms with Crippen molar-refractivity contribution < 1.29 is 4.42 Å². The third kappa shape index (κ3) is 4.98. The van der Waals surface area contributed by atoms with Crippen molar-refractivity contribution in [1.82, 2.24) is 19.8 Å². The molecule has 0 fully saturated rings. The standard InChI is InChI=1S/C51H35N5O/c1-4-15-32(16-5-1)49-52-50(33-17-6-2-7-18-33)54-51(53-49)34-19-14-22-36(29-34)56-41-25-12-10-23-37(41)39-30-40-44(31-43(39)56)55(35-20-8-3-9-21-35)42-27-28-46-48(47(40)42)38-24-11-13-26-45(38)57-46/h1-31,49,51,53H,(H,52,54). The molecule has 2 unspecified atom stereocenters. The summed E-state index contributed by atoms with van der Waals surface area (Å²) in [4.78, 5) is 5.15. The third-order valence-electron chi connectivity index (χ3n) is 11.6.